The van der Waals surface area contributed by atoms with Crippen molar-refractivity contribution in [2.75, 3.05) is 19.8 Å². The van der Waals surface area contributed by atoms with Gasteiger partial charge in [-0.3, -0.25) is 0 Å². The Morgan fingerprint density at radius 1 is 1.30 bits per heavy atom. The Morgan fingerprint density at radius 3 is 2.78 bits per heavy atom. The third-order valence-corrected chi connectivity index (χ3v) is 5.70. The Morgan fingerprint density at radius 2 is 2.09 bits per heavy atom. The summed E-state index contributed by atoms with van der Waals surface area (Å²) in [5.41, 5.74) is 0.847. The second-order valence-corrected chi connectivity index (χ2v) is 13.2. The van der Waals surface area contributed by atoms with Crippen LogP contribution in [0.15, 0.2) is 22.8 Å². The summed E-state index contributed by atoms with van der Waals surface area (Å²) in [6.45, 7) is 8.87. The van der Waals surface area contributed by atoms with E-state index in [1.807, 2.05) is 22.9 Å². The Balaban J connectivity index is 2.04. The average molecular weight is 401 g/mol. The summed E-state index contributed by atoms with van der Waals surface area (Å²) < 4.78 is 14.2. The van der Waals surface area contributed by atoms with Crippen molar-refractivity contribution in [3.05, 3.63) is 22.8 Å². The second-order valence-electron chi connectivity index (χ2n) is 6.75. The van der Waals surface area contributed by atoms with Gasteiger partial charge in [0.15, 0.2) is 0 Å². The zero-order valence-electron chi connectivity index (χ0n) is 14.0. The van der Waals surface area contributed by atoms with Gasteiger partial charge in [0.25, 0.3) is 0 Å². The lowest BCUT2D eigenvalue weighted by Gasteiger charge is -2.15. The lowest BCUT2D eigenvalue weighted by atomic mass is 10.3. The lowest BCUT2D eigenvalue weighted by molar-refractivity contribution is 0.0898. The highest BCUT2D eigenvalue weighted by atomic mass is 79.9. The zero-order chi connectivity index (χ0) is 16.9. The minimum Gasteiger partial charge on any atom is -0.477 e. The van der Waals surface area contributed by atoms with Crippen molar-refractivity contribution in [2.24, 2.45) is 0 Å². The van der Waals surface area contributed by atoms with Gasteiger partial charge in [-0.1, -0.05) is 19.6 Å². The maximum atomic E-state index is 8.84. The number of halogens is 1. The molecule has 2 aromatic heterocycles. The van der Waals surface area contributed by atoms with E-state index < -0.39 is 8.07 Å². The van der Waals surface area contributed by atoms with E-state index in [1.54, 1.807) is 0 Å². The molecule has 2 rings (SSSR count). The van der Waals surface area contributed by atoms with Crippen LogP contribution in [-0.2, 0) is 11.5 Å². The smallest absolute Gasteiger partial charge is 0.230 e. The summed E-state index contributed by atoms with van der Waals surface area (Å²) in [4.78, 5) is 4.57. The molecular weight excluding hydrogens is 376 g/mol. The van der Waals surface area contributed by atoms with E-state index in [9.17, 15) is 0 Å². The number of aromatic nitrogens is 2. The fourth-order valence-corrected chi connectivity index (χ4v) is 3.26. The van der Waals surface area contributed by atoms with Gasteiger partial charge >= 0.3 is 0 Å². The molecule has 0 aliphatic carbocycles. The van der Waals surface area contributed by atoms with E-state index in [0.717, 1.165) is 28.2 Å². The molecule has 0 aliphatic heterocycles. The topological polar surface area (TPSA) is 56.5 Å². The molecule has 0 amide bonds. The van der Waals surface area contributed by atoms with E-state index in [2.05, 4.69) is 40.6 Å². The van der Waals surface area contributed by atoms with Crippen molar-refractivity contribution < 1.29 is 14.6 Å². The van der Waals surface area contributed by atoms with Crippen LogP contribution in [-0.4, -0.2) is 42.6 Å². The molecule has 0 saturated carbocycles. The SMILES string of the molecule is C[Si](C)(C)CCOCn1ccc2cc(Br)c(OCCCO)nc21. The normalized spacial score (nSPS) is 12.0. The van der Waals surface area contributed by atoms with Gasteiger partial charge in [-0.25, -0.2) is 0 Å². The van der Waals surface area contributed by atoms with Crippen LogP contribution in [0.25, 0.3) is 11.0 Å². The van der Waals surface area contributed by atoms with Gasteiger partial charge in [-0.05, 0) is 34.1 Å². The monoisotopic (exact) mass is 400 g/mol. The summed E-state index contributed by atoms with van der Waals surface area (Å²) in [6.07, 6.45) is 2.57. The number of aliphatic hydroxyl groups is 1. The highest BCUT2D eigenvalue weighted by Crippen LogP contribution is 2.28. The molecule has 128 valence electrons. The number of hydrogen-bond donors (Lipinski definition) is 1. The standard InChI is InChI=1S/C16H25BrN2O3Si/c1-23(2,3)10-9-21-12-19-6-5-13-11-14(17)16(18-15(13)19)22-8-4-7-20/h5-6,11,20H,4,7-10,12H2,1-3H3. The Hall–Kier alpha value is -0.893. The van der Waals surface area contributed by atoms with Gasteiger partial charge < -0.3 is 19.1 Å². The van der Waals surface area contributed by atoms with Crippen molar-refractivity contribution in [2.45, 2.75) is 38.8 Å². The van der Waals surface area contributed by atoms with E-state index in [4.69, 9.17) is 14.6 Å². The summed E-state index contributed by atoms with van der Waals surface area (Å²) in [7, 11) is -1.06. The van der Waals surface area contributed by atoms with Crippen LogP contribution in [0.5, 0.6) is 5.88 Å². The number of hydrogen-bond acceptors (Lipinski definition) is 4. The Kier molecular flexibility index (Phi) is 6.64. The molecule has 0 aliphatic rings. The third-order valence-electron chi connectivity index (χ3n) is 3.43. The number of nitrogens with zero attached hydrogens (tertiary/aromatic N) is 2. The molecule has 0 bridgehead atoms. The van der Waals surface area contributed by atoms with Crippen molar-refractivity contribution in [1.29, 1.82) is 0 Å². The van der Waals surface area contributed by atoms with Crippen molar-refractivity contribution in [1.82, 2.24) is 9.55 Å². The molecule has 2 heterocycles. The van der Waals surface area contributed by atoms with Gasteiger partial charge in [-0.15, -0.1) is 0 Å². The average Bonchev–Trinajstić information content (AvgIpc) is 2.85. The molecule has 0 radical (unpaired) electrons. The molecule has 0 spiro atoms. The number of pyridine rings is 1. The summed E-state index contributed by atoms with van der Waals surface area (Å²) in [6, 6.07) is 5.17. The van der Waals surface area contributed by atoms with Crippen LogP contribution < -0.4 is 4.74 Å². The van der Waals surface area contributed by atoms with Crippen LogP contribution in [0.4, 0.5) is 0 Å². The molecule has 2 aromatic rings. The number of aliphatic hydroxyl groups excluding tert-OH is 1. The molecule has 0 atom stereocenters. The minimum atomic E-state index is -1.06. The minimum absolute atomic E-state index is 0.112. The first-order chi connectivity index (χ1) is 10.9. The zero-order valence-corrected chi connectivity index (χ0v) is 16.6. The molecular formula is C16H25BrN2O3Si. The third kappa shape index (κ3) is 5.60. The highest BCUT2D eigenvalue weighted by Gasteiger charge is 2.13. The maximum absolute atomic E-state index is 8.84. The first kappa shape index (κ1) is 18.4. The predicted molar refractivity (Wildman–Crippen MR) is 98.7 cm³/mol. The molecule has 0 aromatic carbocycles. The van der Waals surface area contributed by atoms with Gasteiger partial charge in [0.1, 0.15) is 12.4 Å². The molecule has 0 saturated heterocycles. The summed E-state index contributed by atoms with van der Waals surface area (Å²) in [5.74, 6) is 0.549. The quantitative estimate of drug-likeness (QED) is 0.512. The van der Waals surface area contributed by atoms with Crippen molar-refractivity contribution in [3.8, 4) is 5.88 Å². The fraction of sp³-hybridized carbons (Fsp3) is 0.562. The lowest BCUT2D eigenvalue weighted by Crippen LogP contribution is -2.22. The Bertz CT molecular complexity index is 640. The van der Waals surface area contributed by atoms with Gasteiger partial charge in [0, 0.05) is 39.3 Å². The van der Waals surface area contributed by atoms with Gasteiger partial charge in [0.2, 0.25) is 5.88 Å². The van der Waals surface area contributed by atoms with Crippen LogP contribution >= 0.6 is 15.9 Å². The van der Waals surface area contributed by atoms with E-state index >= 15 is 0 Å². The molecule has 5 nitrogen and oxygen atoms in total. The second kappa shape index (κ2) is 8.28. The largest absolute Gasteiger partial charge is 0.477 e. The number of fused-ring (bicyclic) bond motifs is 1. The maximum Gasteiger partial charge on any atom is 0.230 e. The molecule has 0 fully saturated rings. The van der Waals surface area contributed by atoms with Crippen LogP contribution in [0, 0.1) is 0 Å². The Labute approximate surface area is 146 Å². The van der Waals surface area contributed by atoms with Crippen molar-refractivity contribution in [3.63, 3.8) is 0 Å². The molecule has 0 unspecified atom stereocenters. The van der Waals surface area contributed by atoms with Gasteiger partial charge in [-0.2, -0.15) is 4.98 Å². The molecule has 7 heteroatoms. The van der Waals surface area contributed by atoms with E-state index in [0.29, 0.717) is 25.6 Å². The van der Waals surface area contributed by atoms with E-state index in [-0.39, 0.29) is 6.61 Å². The first-order valence-electron chi connectivity index (χ1n) is 7.87. The molecule has 23 heavy (non-hydrogen) atoms. The summed E-state index contributed by atoms with van der Waals surface area (Å²) in [5, 5.41) is 9.89. The molecule has 1 N–H and O–H groups in total. The van der Waals surface area contributed by atoms with E-state index in [1.165, 1.54) is 0 Å². The van der Waals surface area contributed by atoms with Gasteiger partial charge in [0.05, 0.1) is 11.1 Å². The number of ether oxygens (including phenoxy) is 2. The summed E-state index contributed by atoms with van der Waals surface area (Å²) >= 11 is 3.48. The van der Waals surface area contributed by atoms with Crippen LogP contribution in [0.3, 0.4) is 0 Å². The van der Waals surface area contributed by atoms with Crippen molar-refractivity contribution >= 4 is 35.0 Å². The van der Waals surface area contributed by atoms with Crippen LogP contribution in [0.1, 0.15) is 6.42 Å². The predicted octanol–water partition coefficient (Wildman–Crippen LogP) is 3.87. The highest BCUT2D eigenvalue weighted by molar-refractivity contribution is 9.10. The number of rotatable bonds is 9. The first-order valence-corrected chi connectivity index (χ1v) is 12.4. The fourth-order valence-electron chi connectivity index (χ4n) is 2.05. The van der Waals surface area contributed by atoms with Crippen LogP contribution in [0.2, 0.25) is 25.7 Å².